The highest BCUT2D eigenvalue weighted by molar-refractivity contribution is 8.26. The Kier molecular flexibility index (Phi) is 5.80. The summed E-state index contributed by atoms with van der Waals surface area (Å²) in [6.07, 6.45) is 1.82. The third-order valence-corrected chi connectivity index (χ3v) is 5.29. The number of carboxylic acids is 1. The maximum atomic E-state index is 12.4. The van der Waals surface area contributed by atoms with Gasteiger partial charge in [0.25, 0.3) is 5.91 Å². The van der Waals surface area contributed by atoms with Gasteiger partial charge in [0.05, 0.1) is 4.91 Å². The predicted octanol–water partition coefficient (Wildman–Crippen LogP) is 3.33. The van der Waals surface area contributed by atoms with Crippen molar-refractivity contribution in [1.82, 2.24) is 4.90 Å². The SMILES string of the molecule is O=C([O-])CCCN1C(=O)/C(=C/c2ccc(-c3ccc(Cl)cc3)o2)SC1=S. The molecule has 0 spiro atoms. The standard InChI is InChI=1S/C18H14ClNO4S2/c19-12-5-3-11(4-6-12)14-8-7-13(24-14)10-15-17(23)20(18(25)26-15)9-1-2-16(21)22/h3-8,10H,1-2,9H2,(H,21,22)/p-1/b15-10-. The zero-order chi connectivity index (χ0) is 18.7. The molecule has 0 radical (unpaired) electrons. The number of carboxylic acid groups (broad SMARTS) is 1. The number of halogens is 1. The van der Waals surface area contributed by atoms with Crippen molar-refractivity contribution >= 4 is 57.9 Å². The van der Waals surface area contributed by atoms with Crippen LogP contribution in [0.25, 0.3) is 17.4 Å². The summed E-state index contributed by atoms with van der Waals surface area (Å²) in [5.41, 5.74) is 0.879. The summed E-state index contributed by atoms with van der Waals surface area (Å²) in [5.74, 6) is -0.193. The van der Waals surface area contributed by atoms with Crippen LogP contribution in [0.5, 0.6) is 0 Å². The molecule has 0 bridgehead atoms. The molecule has 0 saturated carbocycles. The third kappa shape index (κ3) is 4.35. The van der Waals surface area contributed by atoms with Crippen LogP contribution in [0.2, 0.25) is 5.02 Å². The van der Waals surface area contributed by atoms with E-state index in [1.165, 1.54) is 16.7 Å². The fourth-order valence-corrected chi connectivity index (χ4v) is 3.82. The number of rotatable bonds is 6. The first-order valence-corrected chi connectivity index (χ1v) is 9.35. The van der Waals surface area contributed by atoms with E-state index in [1.54, 1.807) is 24.3 Å². The van der Waals surface area contributed by atoms with Crippen LogP contribution in [0.3, 0.4) is 0 Å². The molecular weight excluding hydrogens is 394 g/mol. The highest BCUT2D eigenvalue weighted by Crippen LogP contribution is 2.33. The highest BCUT2D eigenvalue weighted by Gasteiger charge is 2.31. The Balaban J connectivity index is 1.72. The van der Waals surface area contributed by atoms with Gasteiger partial charge in [-0.2, -0.15) is 0 Å². The molecule has 1 aromatic heterocycles. The topological polar surface area (TPSA) is 73.6 Å². The molecule has 5 nitrogen and oxygen atoms in total. The predicted molar refractivity (Wildman–Crippen MR) is 103 cm³/mol. The average Bonchev–Trinajstić information content (AvgIpc) is 3.15. The van der Waals surface area contributed by atoms with Gasteiger partial charge in [0, 0.05) is 29.2 Å². The van der Waals surface area contributed by atoms with Crippen LogP contribution in [-0.2, 0) is 9.59 Å². The van der Waals surface area contributed by atoms with Crippen molar-refractivity contribution in [2.75, 3.05) is 6.54 Å². The fourth-order valence-electron chi connectivity index (χ4n) is 2.40. The first kappa shape index (κ1) is 18.7. The maximum Gasteiger partial charge on any atom is 0.266 e. The molecule has 0 N–H and O–H groups in total. The lowest BCUT2D eigenvalue weighted by Gasteiger charge is -2.14. The normalized spacial score (nSPS) is 15.9. The van der Waals surface area contributed by atoms with Crippen LogP contribution in [0, 0.1) is 0 Å². The fraction of sp³-hybridized carbons (Fsp3) is 0.167. The van der Waals surface area contributed by atoms with Crippen LogP contribution < -0.4 is 5.11 Å². The summed E-state index contributed by atoms with van der Waals surface area (Å²) in [4.78, 5) is 24.8. The number of furan rings is 1. The minimum atomic E-state index is -1.14. The molecule has 1 fully saturated rings. The molecule has 8 heteroatoms. The molecule has 26 heavy (non-hydrogen) atoms. The molecular formula is C18H13ClNO4S2-. The molecule has 0 atom stereocenters. The van der Waals surface area contributed by atoms with E-state index in [-0.39, 0.29) is 18.9 Å². The van der Waals surface area contributed by atoms with E-state index in [4.69, 9.17) is 28.2 Å². The average molecular weight is 407 g/mol. The molecule has 3 rings (SSSR count). The van der Waals surface area contributed by atoms with Gasteiger partial charge in [-0.1, -0.05) is 35.6 Å². The Morgan fingerprint density at radius 3 is 2.69 bits per heavy atom. The molecule has 1 amide bonds. The Morgan fingerprint density at radius 2 is 2.00 bits per heavy atom. The van der Waals surface area contributed by atoms with E-state index >= 15 is 0 Å². The second-order valence-electron chi connectivity index (χ2n) is 5.52. The van der Waals surface area contributed by atoms with E-state index in [9.17, 15) is 14.7 Å². The minimum absolute atomic E-state index is 0.112. The number of carbonyl (C=O) groups is 2. The van der Waals surface area contributed by atoms with Crippen LogP contribution in [0.4, 0.5) is 0 Å². The van der Waals surface area contributed by atoms with Gasteiger partial charge < -0.3 is 14.3 Å². The van der Waals surface area contributed by atoms with E-state index in [0.29, 0.717) is 32.2 Å². The number of benzene rings is 1. The van der Waals surface area contributed by atoms with Gasteiger partial charge in [0.1, 0.15) is 15.8 Å². The van der Waals surface area contributed by atoms with Crippen LogP contribution >= 0.6 is 35.6 Å². The van der Waals surface area contributed by atoms with Crippen molar-refractivity contribution in [3.8, 4) is 11.3 Å². The van der Waals surface area contributed by atoms with Crippen molar-refractivity contribution in [3.63, 3.8) is 0 Å². The second-order valence-corrected chi connectivity index (χ2v) is 7.63. The lowest BCUT2D eigenvalue weighted by molar-refractivity contribution is -0.305. The molecule has 0 unspecified atom stereocenters. The first-order chi connectivity index (χ1) is 12.4. The smallest absolute Gasteiger partial charge is 0.266 e. The molecule has 1 aliphatic rings. The molecule has 134 valence electrons. The second kappa shape index (κ2) is 8.07. The van der Waals surface area contributed by atoms with Gasteiger partial charge in [-0.05, 0) is 49.2 Å². The van der Waals surface area contributed by atoms with E-state index < -0.39 is 5.97 Å². The van der Waals surface area contributed by atoms with Gasteiger partial charge in [-0.3, -0.25) is 9.69 Å². The number of hydrogen-bond acceptors (Lipinski definition) is 6. The lowest BCUT2D eigenvalue weighted by Crippen LogP contribution is -2.30. The highest BCUT2D eigenvalue weighted by atomic mass is 35.5. The summed E-state index contributed by atoms with van der Waals surface area (Å²) in [6.45, 7) is 0.254. The summed E-state index contributed by atoms with van der Waals surface area (Å²) in [5, 5.41) is 11.1. The lowest BCUT2D eigenvalue weighted by atomic mass is 10.2. The number of amides is 1. The van der Waals surface area contributed by atoms with Crippen LogP contribution in [0.15, 0.2) is 45.7 Å². The quantitative estimate of drug-likeness (QED) is 0.541. The number of carbonyl (C=O) groups excluding carboxylic acids is 2. The van der Waals surface area contributed by atoms with Crippen molar-refractivity contribution < 1.29 is 19.1 Å². The van der Waals surface area contributed by atoms with E-state index in [1.807, 2.05) is 18.2 Å². The number of thioether (sulfide) groups is 1. The third-order valence-electron chi connectivity index (χ3n) is 3.67. The zero-order valence-electron chi connectivity index (χ0n) is 13.4. The van der Waals surface area contributed by atoms with Gasteiger partial charge in [-0.25, -0.2) is 0 Å². The largest absolute Gasteiger partial charge is 0.550 e. The Bertz CT molecular complexity index is 889. The van der Waals surface area contributed by atoms with Gasteiger partial charge >= 0.3 is 0 Å². The van der Waals surface area contributed by atoms with Crippen LogP contribution in [-0.4, -0.2) is 27.6 Å². The number of hydrogen-bond donors (Lipinski definition) is 0. The van der Waals surface area contributed by atoms with Crippen molar-refractivity contribution in [2.24, 2.45) is 0 Å². The summed E-state index contributed by atoms with van der Waals surface area (Å²) < 4.78 is 6.18. The summed E-state index contributed by atoms with van der Waals surface area (Å²) >= 11 is 12.3. The van der Waals surface area contributed by atoms with Gasteiger partial charge in [0.15, 0.2) is 0 Å². The first-order valence-electron chi connectivity index (χ1n) is 7.75. The minimum Gasteiger partial charge on any atom is -0.550 e. The maximum absolute atomic E-state index is 12.4. The number of nitrogens with zero attached hydrogens (tertiary/aromatic N) is 1. The molecule has 1 saturated heterocycles. The number of aliphatic carboxylic acids is 1. The monoisotopic (exact) mass is 406 g/mol. The summed E-state index contributed by atoms with van der Waals surface area (Å²) in [7, 11) is 0. The molecule has 2 heterocycles. The Morgan fingerprint density at radius 1 is 1.27 bits per heavy atom. The van der Waals surface area contributed by atoms with Gasteiger partial charge in [0.2, 0.25) is 0 Å². The molecule has 2 aromatic rings. The Hall–Kier alpha value is -2.09. The van der Waals surface area contributed by atoms with E-state index in [0.717, 1.165) is 5.56 Å². The summed E-state index contributed by atoms with van der Waals surface area (Å²) in [6, 6.07) is 10.8. The molecule has 1 aliphatic heterocycles. The van der Waals surface area contributed by atoms with Crippen molar-refractivity contribution in [3.05, 3.63) is 52.1 Å². The number of thiocarbonyl (C=S) groups is 1. The van der Waals surface area contributed by atoms with Gasteiger partial charge in [-0.15, -0.1) is 0 Å². The van der Waals surface area contributed by atoms with Crippen molar-refractivity contribution in [1.29, 1.82) is 0 Å². The van der Waals surface area contributed by atoms with Crippen molar-refractivity contribution in [2.45, 2.75) is 12.8 Å². The van der Waals surface area contributed by atoms with E-state index in [2.05, 4.69) is 0 Å². The Labute approximate surface area is 164 Å². The zero-order valence-corrected chi connectivity index (χ0v) is 15.8. The van der Waals surface area contributed by atoms with Crippen LogP contribution in [0.1, 0.15) is 18.6 Å². The molecule has 1 aromatic carbocycles. The molecule has 0 aliphatic carbocycles.